The van der Waals surface area contributed by atoms with Crippen LogP contribution in [0, 0.1) is 0 Å². The summed E-state index contributed by atoms with van der Waals surface area (Å²) in [7, 11) is 2.29. The molecule has 0 N–H and O–H groups in total. The summed E-state index contributed by atoms with van der Waals surface area (Å²) in [6.07, 6.45) is 3.90. The monoisotopic (exact) mass is 260 g/mol. The van der Waals surface area contributed by atoms with Crippen LogP contribution >= 0.6 is 0 Å². The van der Waals surface area contributed by atoms with E-state index in [4.69, 9.17) is 0 Å². The highest BCUT2D eigenvalue weighted by Crippen LogP contribution is 2.33. The second kappa shape index (κ2) is 7.06. The fraction of sp³-hybridized carbons (Fsp3) is 0.647. The van der Waals surface area contributed by atoms with Crippen molar-refractivity contribution in [1.82, 2.24) is 9.80 Å². The van der Waals surface area contributed by atoms with E-state index in [2.05, 4.69) is 55.0 Å². The number of hydrogen-bond donors (Lipinski definition) is 0. The molecule has 0 spiro atoms. The van der Waals surface area contributed by atoms with Crippen LogP contribution < -0.4 is 0 Å². The lowest BCUT2D eigenvalue weighted by atomic mass is 9.87. The van der Waals surface area contributed by atoms with E-state index >= 15 is 0 Å². The van der Waals surface area contributed by atoms with Gasteiger partial charge in [0.25, 0.3) is 0 Å². The van der Waals surface area contributed by atoms with Crippen molar-refractivity contribution in [3.63, 3.8) is 0 Å². The normalized spacial score (nSPS) is 18.9. The van der Waals surface area contributed by atoms with Crippen LogP contribution in [0.5, 0.6) is 0 Å². The molecule has 1 aromatic rings. The molecule has 2 rings (SSSR count). The fourth-order valence-corrected chi connectivity index (χ4v) is 3.18. The zero-order valence-corrected chi connectivity index (χ0v) is 12.7. The van der Waals surface area contributed by atoms with Gasteiger partial charge in [-0.05, 0) is 50.5 Å². The Morgan fingerprint density at radius 3 is 2.58 bits per heavy atom. The Balaban J connectivity index is 1.98. The maximum atomic E-state index is 2.55. The summed E-state index contributed by atoms with van der Waals surface area (Å²) in [6.45, 7) is 9.17. The molecule has 0 amide bonds. The first-order valence-electron chi connectivity index (χ1n) is 7.76. The SMILES string of the molecule is CCN(CC)CCN(C)[C@@H]1CCCc2ccccc21. The molecule has 19 heavy (non-hydrogen) atoms. The molecule has 106 valence electrons. The van der Waals surface area contributed by atoms with Gasteiger partial charge in [-0.15, -0.1) is 0 Å². The number of fused-ring (bicyclic) bond motifs is 1. The summed E-state index contributed by atoms with van der Waals surface area (Å²) in [6, 6.07) is 9.62. The van der Waals surface area contributed by atoms with Crippen LogP contribution in [0.25, 0.3) is 0 Å². The third-order valence-corrected chi connectivity index (χ3v) is 4.53. The Bertz CT molecular complexity index is 385. The highest BCUT2D eigenvalue weighted by atomic mass is 15.2. The van der Waals surface area contributed by atoms with E-state index in [0.29, 0.717) is 6.04 Å². The average Bonchev–Trinajstić information content (AvgIpc) is 2.47. The molecular weight excluding hydrogens is 232 g/mol. The number of likely N-dealkylation sites (N-methyl/N-ethyl adjacent to an activating group) is 2. The lowest BCUT2D eigenvalue weighted by Crippen LogP contribution is -2.36. The van der Waals surface area contributed by atoms with E-state index in [1.165, 1.54) is 32.4 Å². The summed E-state index contributed by atoms with van der Waals surface area (Å²) >= 11 is 0. The Morgan fingerprint density at radius 2 is 1.84 bits per heavy atom. The molecule has 0 heterocycles. The predicted molar refractivity (Wildman–Crippen MR) is 82.5 cm³/mol. The van der Waals surface area contributed by atoms with E-state index in [1.807, 2.05) is 0 Å². The topological polar surface area (TPSA) is 6.48 Å². The molecule has 1 aliphatic carbocycles. The zero-order valence-electron chi connectivity index (χ0n) is 12.7. The highest BCUT2D eigenvalue weighted by molar-refractivity contribution is 5.32. The minimum atomic E-state index is 0.625. The van der Waals surface area contributed by atoms with Crippen LogP contribution in [0.1, 0.15) is 43.9 Å². The van der Waals surface area contributed by atoms with Gasteiger partial charge in [0, 0.05) is 19.1 Å². The van der Waals surface area contributed by atoms with Crippen molar-refractivity contribution in [1.29, 1.82) is 0 Å². The van der Waals surface area contributed by atoms with Gasteiger partial charge in [-0.1, -0.05) is 38.1 Å². The van der Waals surface area contributed by atoms with Gasteiger partial charge in [0.05, 0.1) is 0 Å². The van der Waals surface area contributed by atoms with Crippen molar-refractivity contribution in [2.45, 2.75) is 39.2 Å². The third-order valence-electron chi connectivity index (χ3n) is 4.53. The quantitative estimate of drug-likeness (QED) is 0.774. The van der Waals surface area contributed by atoms with Crippen molar-refractivity contribution in [3.05, 3.63) is 35.4 Å². The molecule has 0 radical (unpaired) electrons. The van der Waals surface area contributed by atoms with Gasteiger partial charge < -0.3 is 4.90 Å². The second-order valence-electron chi connectivity index (χ2n) is 5.61. The molecule has 0 fully saturated rings. The first kappa shape index (κ1) is 14.5. The summed E-state index contributed by atoms with van der Waals surface area (Å²) < 4.78 is 0. The molecule has 0 bridgehead atoms. The summed E-state index contributed by atoms with van der Waals surface area (Å²) in [5, 5.41) is 0. The molecule has 1 aliphatic rings. The third kappa shape index (κ3) is 3.58. The van der Waals surface area contributed by atoms with Crippen molar-refractivity contribution < 1.29 is 0 Å². The molecule has 2 heteroatoms. The Kier molecular flexibility index (Phi) is 5.41. The molecule has 0 aliphatic heterocycles. The molecule has 1 atom stereocenters. The maximum absolute atomic E-state index is 2.55. The summed E-state index contributed by atoms with van der Waals surface area (Å²) in [4.78, 5) is 5.06. The van der Waals surface area contributed by atoms with Crippen LogP contribution in [-0.2, 0) is 6.42 Å². The first-order chi connectivity index (χ1) is 9.26. The number of hydrogen-bond acceptors (Lipinski definition) is 2. The second-order valence-corrected chi connectivity index (χ2v) is 5.61. The van der Waals surface area contributed by atoms with Crippen LogP contribution in [0.2, 0.25) is 0 Å². The zero-order chi connectivity index (χ0) is 13.7. The minimum Gasteiger partial charge on any atom is -0.303 e. The Hall–Kier alpha value is -0.860. The van der Waals surface area contributed by atoms with Crippen LogP contribution in [0.15, 0.2) is 24.3 Å². The van der Waals surface area contributed by atoms with E-state index in [0.717, 1.165) is 13.1 Å². The van der Waals surface area contributed by atoms with Crippen molar-refractivity contribution in [2.24, 2.45) is 0 Å². The average molecular weight is 260 g/mol. The number of aryl methyl sites for hydroxylation is 1. The fourth-order valence-electron chi connectivity index (χ4n) is 3.18. The number of rotatable bonds is 6. The first-order valence-corrected chi connectivity index (χ1v) is 7.76. The van der Waals surface area contributed by atoms with Gasteiger partial charge in [0.2, 0.25) is 0 Å². The van der Waals surface area contributed by atoms with Gasteiger partial charge in [0.15, 0.2) is 0 Å². The molecule has 0 saturated heterocycles. The Morgan fingerprint density at radius 1 is 1.11 bits per heavy atom. The summed E-state index contributed by atoms with van der Waals surface area (Å²) in [5.41, 5.74) is 3.13. The summed E-state index contributed by atoms with van der Waals surface area (Å²) in [5.74, 6) is 0. The number of nitrogens with zero attached hydrogens (tertiary/aromatic N) is 2. The van der Waals surface area contributed by atoms with Gasteiger partial charge in [-0.2, -0.15) is 0 Å². The lowest BCUT2D eigenvalue weighted by Gasteiger charge is -2.34. The maximum Gasteiger partial charge on any atom is 0.0348 e. The largest absolute Gasteiger partial charge is 0.303 e. The molecule has 0 saturated carbocycles. The minimum absolute atomic E-state index is 0.625. The van der Waals surface area contributed by atoms with E-state index in [1.54, 1.807) is 11.1 Å². The molecule has 2 nitrogen and oxygen atoms in total. The number of benzene rings is 1. The standard InChI is InChI=1S/C17H28N2/c1-4-19(5-2)14-13-18(3)17-12-8-10-15-9-6-7-11-16(15)17/h6-7,9,11,17H,4-5,8,10,12-14H2,1-3H3/t17-/m1/s1. The van der Waals surface area contributed by atoms with Crippen LogP contribution in [-0.4, -0.2) is 43.0 Å². The van der Waals surface area contributed by atoms with E-state index in [9.17, 15) is 0 Å². The lowest BCUT2D eigenvalue weighted by molar-refractivity contribution is 0.183. The Labute approximate surface area is 118 Å². The smallest absolute Gasteiger partial charge is 0.0348 e. The van der Waals surface area contributed by atoms with E-state index in [-0.39, 0.29) is 0 Å². The molecule has 0 unspecified atom stereocenters. The van der Waals surface area contributed by atoms with Crippen molar-refractivity contribution in [3.8, 4) is 0 Å². The van der Waals surface area contributed by atoms with Gasteiger partial charge in [-0.3, -0.25) is 4.90 Å². The molecule has 1 aromatic carbocycles. The predicted octanol–water partition coefficient (Wildman–Crippen LogP) is 3.34. The van der Waals surface area contributed by atoms with Gasteiger partial charge in [0.1, 0.15) is 0 Å². The van der Waals surface area contributed by atoms with Gasteiger partial charge >= 0.3 is 0 Å². The van der Waals surface area contributed by atoms with Crippen molar-refractivity contribution in [2.75, 3.05) is 33.2 Å². The van der Waals surface area contributed by atoms with Crippen LogP contribution in [0.3, 0.4) is 0 Å². The van der Waals surface area contributed by atoms with Crippen LogP contribution in [0.4, 0.5) is 0 Å². The molecule has 0 aromatic heterocycles. The van der Waals surface area contributed by atoms with Gasteiger partial charge in [-0.25, -0.2) is 0 Å². The molecular formula is C17H28N2. The van der Waals surface area contributed by atoms with E-state index < -0.39 is 0 Å². The van der Waals surface area contributed by atoms with Crippen molar-refractivity contribution >= 4 is 0 Å². The highest BCUT2D eigenvalue weighted by Gasteiger charge is 2.23.